The molecule has 130 valence electrons. The van der Waals surface area contributed by atoms with Crippen LogP contribution in [0.1, 0.15) is 25.3 Å². The third kappa shape index (κ3) is 3.88. The summed E-state index contributed by atoms with van der Waals surface area (Å²) in [6.07, 6.45) is 3.64. The summed E-state index contributed by atoms with van der Waals surface area (Å²) < 4.78 is 21.4. The molecule has 1 N–H and O–H groups in total. The Balaban J connectivity index is 1.91. The first-order valence-electron chi connectivity index (χ1n) is 8.40. The number of para-hydroxylation sites is 1. The molecule has 1 heterocycles. The lowest BCUT2D eigenvalue weighted by Crippen LogP contribution is -1.99. The summed E-state index contributed by atoms with van der Waals surface area (Å²) in [6.45, 7) is 2.39. The molecular formula is C20H21FN2O2. The van der Waals surface area contributed by atoms with E-state index in [1.165, 1.54) is 6.07 Å². The van der Waals surface area contributed by atoms with Crippen LogP contribution in [-0.4, -0.2) is 21.5 Å². The predicted molar refractivity (Wildman–Crippen MR) is 95.3 cm³/mol. The lowest BCUT2D eigenvalue weighted by atomic mass is 10.1. The summed E-state index contributed by atoms with van der Waals surface area (Å²) in [5.74, 6) is -0.183. The van der Waals surface area contributed by atoms with Crippen LogP contribution >= 0.6 is 0 Å². The summed E-state index contributed by atoms with van der Waals surface area (Å²) in [5.41, 5.74) is 2.69. The van der Waals surface area contributed by atoms with Gasteiger partial charge in [-0.05, 0) is 36.8 Å². The van der Waals surface area contributed by atoms with E-state index in [4.69, 9.17) is 4.74 Å². The third-order valence-electron chi connectivity index (χ3n) is 3.94. The number of halogens is 1. The molecular weight excluding hydrogens is 319 g/mol. The molecule has 25 heavy (non-hydrogen) atoms. The van der Waals surface area contributed by atoms with Crippen molar-refractivity contribution in [1.82, 2.24) is 9.78 Å². The molecule has 0 saturated heterocycles. The van der Waals surface area contributed by atoms with Gasteiger partial charge in [0.1, 0.15) is 0 Å². The van der Waals surface area contributed by atoms with Gasteiger partial charge < -0.3 is 9.84 Å². The first-order valence-corrected chi connectivity index (χ1v) is 8.40. The molecule has 0 aliphatic rings. The molecule has 3 aromatic rings. The summed E-state index contributed by atoms with van der Waals surface area (Å²) in [6, 6.07) is 14.4. The molecule has 1 aromatic heterocycles. The van der Waals surface area contributed by atoms with E-state index >= 15 is 0 Å². The summed E-state index contributed by atoms with van der Waals surface area (Å²) in [4.78, 5) is 0. The van der Waals surface area contributed by atoms with E-state index in [9.17, 15) is 9.50 Å². The molecule has 0 radical (unpaired) electrons. The minimum absolute atomic E-state index is 0.168. The van der Waals surface area contributed by atoms with Gasteiger partial charge in [-0.15, -0.1) is 0 Å². The Morgan fingerprint density at radius 3 is 2.64 bits per heavy atom. The molecule has 0 amide bonds. The average molecular weight is 340 g/mol. The van der Waals surface area contributed by atoms with E-state index in [0.29, 0.717) is 23.4 Å². The van der Waals surface area contributed by atoms with Gasteiger partial charge in [0.15, 0.2) is 11.6 Å². The van der Waals surface area contributed by atoms with E-state index < -0.39 is 5.82 Å². The summed E-state index contributed by atoms with van der Waals surface area (Å²) in [5, 5.41) is 14.2. The highest BCUT2D eigenvalue weighted by molar-refractivity contribution is 5.64. The van der Waals surface area contributed by atoms with Crippen molar-refractivity contribution in [2.45, 2.75) is 26.4 Å². The van der Waals surface area contributed by atoms with Crippen LogP contribution in [0.3, 0.4) is 0 Å². The van der Waals surface area contributed by atoms with E-state index in [1.807, 2.05) is 30.3 Å². The number of aliphatic hydroxyl groups excluding tert-OH is 1. The van der Waals surface area contributed by atoms with Crippen molar-refractivity contribution in [2.24, 2.45) is 0 Å². The highest BCUT2D eigenvalue weighted by Gasteiger charge is 2.14. The van der Waals surface area contributed by atoms with Gasteiger partial charge in [-0.3, -0.25) is 0 Å². The Morgan fingerprint density at radius 1 is 1.16 bits per heavy atom. The highest BCUT2D eigenvalue weighted by atomic mass is 19.1. The molecule has 2 aromatic carbocycles. The normalized spacial score (nSPS) is 10.8. The topological polar surface area (TPSA) is 47.3 Å². The zero-order valence-corrected chi connectivity index (χ0v) is 14.2. The van der Waals surface area contributed by atoms with Crippen LogP contribution in [0.25, 0.3) is 16.9 Å². The number of unbranched alkanes of at least 4 members (excludes halogenated alkanes) is 1. The molecule has 0 aliphatic heterocycles. The van der Waals surface area contributed by atoms with Crippen molar-refractivity contribution in [3.63, 3.8) is 0 Å². The van der Waals surface area contributed by atoms with Gasteiger partial charge in [0.05, 0.1) is 24.6 Å². The van der Waals surface area contributed by atoms with E-state index in [2.05, 4.69) is 12.0 Å². The molecule has 3 rings (SSSR count). The Labute approximate surface area is 146 Å². The molecule has 5 heteroatoms. The van der Waals surface area contributed by atoms with Crippen molar-refractivity contribution in [3.05, 3.63) is 66.1 Å². The summed E-state index contributed by atoms with van der Waals surface area (Å²) in [7, 11) is 0. The fraction of sp³-hybridized carbons (Fsp3) is 0.250. The van der Waals surface area contributed by atoms with E-state index in [0.717, 1.165) is 18.5 Å². The largest absolute Gasteiger partial charge is 0.491 e. The standard InChI is InChI=1S/C20H21FN2O2/c1-2-3-11-25-19-10-9-15(12-18(19)21)20-16(14-24)13-23(22-20)17-7-5-4-6-8-17/h4-10,12-13,24H,2-3,11,14H2,1H3. The minimum atomic E-state index is -0.424. The number of aliphatic hydroxyl groups is 1. The number of rotatable bonds is 7. The fourth-order valence-corrected chi connectivity index (χ4v) is 2.57. The van der Waals surface area contributed by atoms with E-state index in [-0.39, 0.29) is 12.4 Å². The van der Waals surface area contributed by atoms with Gasteiger partial charge in [0.25, 0.3) is 0 Å². The minimum Gasteiger partial charge on any atom is -0.491 e. The molecule has 0 saturated carbocycles. The zero-order valence-electron chi connectivity index (χ0n) is 14.2. The van der Waals surface area contributed by atoms with Crippen LogP contribution in [0.4, 0.5) is 4.39 Å². The first-order chi connectivity index (χ1) is 12.2. The van der Waals surface area contributed by atoms with Crippen LogP contribution < -0.4 is 4.74 Å². The van der Waals surface area contributed by atoms with Crippen molar-refractivity contribution in [1.29, 1.82) is 0 Å². The van der Waals surface area contributed by atoms with Crippen molar-refractivity contribution < 1.29 is 14.2 Å². The number of ether oxygens (including phenoxy) is 1. The molecule has 0 unspecified atom stereocenters. The zero-order chi connectivity index (χ0) is 17.6. The lowest BCUT2D eigenvalue weighted by molar-refractivity contribution is 0.282. The predicted octanol–water partition coefficient (Wildman–Crippen LogP) is 4.35. The van der Waals surface area contributed by atoms with Crippen LogP contribution in [-0.2, 0) is 6.61 Å². The Bertz CT molecular complexity index is 831. The SMILES string of the molecule is CCCCOc1ccc(-c2nn(-c3ccccc3)cc2CO)cc1F. The van der Waals surface area contributed by atoms with Crippen molar-refractivity contribution in [2.75, 3.05) is 6.61 Å². The molecule has 0 fully saturated rings. The summed E-state index contributed by atoms with van der Waals surface area (Å²) >= 11 is 0. The van der Waals surface area contributed by atoms with Gasteiger partial charge in [-0.1, -0.05) is 31.5 Å². The maximum absolute atomic E-state index is 14.3. The maximum Gasteiger partial charge on any atom is 0.165 e. The molecule has 0 atom stereocenters. The quantitative estimate of drug-likeness (QED) is 0.651. The van der Waals surface area contributed by atoms with Gasteiger partial charge in [-0.25, -0.2) is 9.07 Å². The number of benzene rings is 2. The molecule has 0 aliphatic carbocycles. The van der Waals surface area contributed by atoms with E-state index in [1.54, 1.807) is 23.0 Å². The lowest BCUT2D eigenvalue weighted by Gasteiger charge is -2.08. The first kappa shape index (κ1) is 17.2. The van der Waals surface area contributed by atoms with Gasteiger partial charge in [-0.2, -0.15) is 5.10 Å². The van der Waals surface area contributed by atoms with Gasteiger partial charge in [0, 0.05) is 17.3 Å². The Kier molecular flexibility index (Phi) is 5.46. The van der Waals surface area contributed by atoms with Crippen LogP contribution in [0.5, 0.6) is 5.75 Å². The smallest absolute Gasteiger partial charge is 0.165 e. The highest BCUT2D eigenvalue weighted by Crippen LogP contribution is 2.28. The third-order valence-corrected chi connectivity index (χ3v) is 3.94. The van der Waals surface area contributed by atoms with Crippen molar-refractivity contribution in [3.8, 4) is 22.7 Å². The van der Waals surface area contributed by atoms with Gasteiger partial charge in [0.2, 0.25) is 0 Å². The second-order valence-electron chi connectivity index (χ2n) is 5.79. The molecule has 0 bridgehead atoms. The number of hydrogen-bond acceptors (Lipinski definition) is 3. The molecule has 0 spiro atoms. The van der Waals surface area contributed by atoms with Gasteiger partial charge >= 0.3 is 0 Å². The fourth-order valence-electron chi connectivity index (χ4n) is 2.57. The second-order valence-corrected chi connectivity index (χ2v) is 5.79. The number of hydrogen-bond donors (Lipinski definition) is 1. The van der Waals surface area contributed by atoms with Crippen molar-refractivity contribution >= 4 is 0 Å². The Morgan fingerprint density at radius 2 is 1.96 bits per heavy atom. The number of aromatic nitrogens is 2. The van der Waals surface area contributed by atoms with Crippen LogP contribution in [0.2, 0.25) is 0 Å². The maximum atomic E-state index is 14.3. The average Bonchev–Trinajstić information content (AvgIpc) is 3.08. The monoisotopic (exact) mass is 340 g/mol. The van der Waals surface area contributed by atoms with Crippen LogP contribution in [0, 0.1) is 5.82 Å². The van der Waals surface area contributed by atoms with Crippen LogP contribution in [0.15, 0.2) is 54.7 Å². The Hall–Kier alpha value is -2.66. The molecule has 4 nitrogen and oxygen atoms in total. The number of nitrogens with zero attached hydrogens (tertiary/aromatic N) is 2. The second kappa shape index (κ2) is 7.94.